The van der Waals surface area contributed by atoms with E-state index in [1.807, 2.05) is 18.7 Å². The van der Waals surface area contributed by atoms with E-state index in [1.165, 1.54) is 18.2 Å². The lowest BCUT2D eigenvalue weighted by Crippen LogP contribution is -2.64. The maximum atomic E-state index is 13.3. The van der Waals surface area contributed by atoms with Gasteiger partial charge in [-0.15, -0.1) is 11.8 Å². The fraction of sp³-hybridized carbons (Fsp3) is 0.955. The number of unbranched alkanes of at least 4 members (excludes halogenated alkanes) is 2. The van der Waals surface area contributed by atoms with E-state index in [0.29, 0.717) is 12.5 Å². The molecule has 31 heavy (non-hydrogen) atoms. The summed E-state index contributed by atoms with van der Waals surface area (Å²) in [4.78, 5) is 15.3. The highest BCUT2D eigenvalue weighted by Gasteiger charge is 2.48. The second-order valence-corrected chi connectivity index (χ2v) is 10.2. The molecule has 0 aromatic heterocycles. The zero-order valence-electron chi connectivity index (χ0n) is 19.3. The SMILES string of the molecule is CCCCCC1CC(C(=O)NC(C(C)C)C2OC(SC)C(O)C(O)C2O)N(CCO)C1. The molecule has 0 aromatic carbocycles. The summed E-state index contributed by atoms with van der Waals surface area (Å²) in [6.45, 7) is 7.30. The maximum Gasteiger partial charge on any atom is 0.237 e. The van der Waals surface area contributed by atoms with Gasteiger partial charge in [0.05, 0.1) is 18.7 Å². The van der Waals surface area contributed by atoms with Gasteiger partial charge in [-0.05, 0) is 30.9 Å². The molecule has 1 amide bonds. The standard InChI is InChI=1S/C22H42N2O6S/c1-5-6-7-8-14-11-15(24(12-14)9-10-25)21(29)23-16(13(2)3)20-18(27)17(26)19(28)22(30-20)31-4/h13-20,22,25-28H,5-12H2,1-4H3,(H,23,29). The largest absolute Gasteiger partial charge is 0.395 e. The summed E-state index contributed by atoms with van der Waals surface area (Å²) in [6, 6.07) is -0.845. The minimum atomic E-state index is -1.34. The Balaban J connectivity index is 2.09. The molecule has 8 nitrogen and oxygen atoms in total. The van der Waals surface area contributed by atoms with Crippen molar-refractivity contribution >= 4 is 17.7 Å². The van der Waals surface area contributed by atoms with Crippen molar-refractivity contribution in [3.05, 3.63) is 0 Å². The van der Waals surface area contributed by atoms with Gasteiger partial charge in [-0.3, -0.25) is 9.69 Å². The van der Waals surface area contributed by atoms with E-state index in [2.05, 4.69) is 12.2 Å². The van der Waals surface area contributed by atoms with Crippen molar-refractivity contribution in [2.45, 2.75) is 94.8 Å². The zero-order chi connectivity index (χ0) is 23.1. The minimum Gasteiger partial charge on any atom is -0.395 e. The van der Waals surface area contributed by atoms with Gasteiger partial charge in [0.15, 0.2) is 0 Å². The van der Waals surface area contributed by atoms with E-state index in [-0.39, 0.29) is 24.5 Å². The first-order valence-corrected chi connectivity index (χ1v) is 12.9. The average Bonchev–Trinajstić information content (AvgIpc) is 3.14. The lowest BCUT2D eigenvalue weighted by atomic mass is 9.88. The first-order chi connectivity index (χ1) is 14.7. The number of likely N-dealkylation sites (tertiary alicyclic amines) is 1. The van der Waals surface area contributed by atoms with Crippen LogP contribution >= 0.6 is 11.8 Å². The number of hydrogen-bond donors (Lipinski definition) is 5. The normalized spacial score (nSPS) is 35.5. The highest BCUT2D eigenvalue weighted by atomic mass is 32.2. The smallest absolute Gasteiger partial charge is 0.237 e. The monoisotopic (exact) mass is 462 g/mol. The molecule has 8 atom stereocenters. The first kappa shape index (κ1) is 26.8. The van der Waals surface area contributed by atoms with Crippen molar-refractivity contribution < 1.29 is 30.0 Å². The number of aliphatic hydroxyl groups excluding tert-OH is 4. The van der Waals surface area contributed by atoms with Crippen molar-refractivity contribution in [2.24, 2.45) is 11.8 Å². The maximum absolute atomic E-state index is 13.3. The number of hydrogen-bond acceptors (Lipinski definition) is 8. The number of amides is 1. The van der Waals surface area contributed by atoms with Crippen LogP contribution in [-0.2, 0) is 9.53 Å². The molecule has 2 aliphatic heterocycles. The molecule has 2 saturated heterocycles. The van der Waals surface area contributed by atoms with Gasteiger partial charge in [0.2, 0.25) is 5.91 Å². The third kappa shape index (κ3) is 6.79. The van der Waals surface area contributed by atoms with Crippen molar-refractivity contribution in [1.82, 2.24) is 10.2 Å². The van der Waals surface area contributed by atoms with E-state index < -0.39 is 35.9 Å². The Kier molecular flexibility index (Phi) is 11.0. The fourth-order valence-electron chi connectivity index (χ4n) is 4.79. The Bertz CT molecular complexity index is 552. The molecule has 2 fully saturated rings. The predicted molar refractivity (Wildman–Crippen MR) is 122 cm³/mol. The van der Waals surface area contributed by atoms with E-state index in [0.717, 1.165) is 32.2 Å². The average molecular weight is 463 g/mol. The van der Waals surface area contributed by atoms with Crippen LogP contribution in [0.15, 0.2) is 0 Å². The van der Waals surface area contributed by atoms with Gasteiger partial charge < -0.3 is 30.5 Å². The van der Waals surface area contributed by atoms with Crippen molar-refractivity contribution in [2.75, 3.05) is 26.0 Å². The molecule has 0 spiro atoms. The Hall–Kier alpha value is -0.420. The lowest BCUT2D eigenvalue weighted by molar-refractivity contribution is -0.208. The molecular weight excluding hydrogens is 420 g/mol. The molecule has 2 heterocycles. The predicted octanol–water partition coefficient (Wildman–Crippen LogP) is 0.561. The number of carbonyl (C=O) groups excluding carboxylic acids is 1. The van der Waals surface area contributed by atoms with Crippen LogP contribution in [-0.4, -0.2) is 99.1 Å². The molecular formula is C22H42N2O6S. The van der Waals surface area contributed by atoms with Gasteiger partial charge in [0.25, 0.3) is 0 Å². The van der Waals surface area contributed by atoms with Crippen LogP contribution in [0.1, 0.15) is 52.9 Å². The van der Waals surface area contributed by atoms with E-state index in [4.69, 9.17) is 4.74 Å². The van der Waals surface area contributed by atoms with Gasteiger partial charge in [0, 0.05) is 13.1 Å². The van der Waals surface area contributed by atoms with E-state index >= 15 is 0 Å². The number of thioether (sulfide) groups is 1. The molecule has 5 N–H and O–H groups in total. The summed E-state index contributed by atoms with van der Waals surface area (Å²) in [6.07, 6.45) is 2.44. The van der Waals surface area contributed by atoms with Crippen LogP contribution in [0, 0.1) is 11.8 Å². The highest BCUT2D eigenvalue weighted by Crippen LogP contribution is 2.31. The van der Waals surface area contributed by atoms with Gasteiger partial charge in [-0.25, -0.2) is 0 Å². The molecule has 0 aromatic rings. The summed E-state index contributed by atoms with van der Waals surface area (Å²) in [5, 5.41) is 43.5. The van der Waals surface area contributed by atoms with Gasteiger partial charge in [-0.1, -0.05) is 40.0 Å². The first-order valence-electron chi connectivity index (χ1n) is 11.6. The summed E-state index contributed by atoms with van der Waals surface area (Å²) < 4.78 is 5.91. The van der Waals surface area contributed by atoms with E-state index in [1.54, 1.807) is 6.26 Å². The highest BCUT2D eigenvalue weighted by molar-refractivity contribution is 7.99. The number of nitrogens with one attached hydrogen (secondary N) is 1. The number of ether oxygens (including phenoxy) is 1. The van der Waals surface area contributed by atoms with Gasteiger partial charge in [0.1, 0.15) is 29.9 Å². The number of β-amino-alcohol motifs (C(OH)–C–C–N with tert-alkyl or cyclic N) is 1. The summed E-state index contributed by atoms with van der Waals surface area (Å²) in [7, 11) is 0. The van der Waals surface area contributed by atoms with Gasteiger partial charge >= 0.3 is 0 Å². The molecule has 0 aliphatic carbocycles. The molecule has 9 heteroatoms. The third-order valence-electron chi connectivity index (χ3n) is 6.62. The van der Waals surface area contributed by atoms with Crippen LogP contribution in [0.25, 0.3) is 0 Å². The minimum absolute atomic E-state index is 0.00298. The summed E-state index contributed by atoms with van der Waals surface area (Å²) in [5.74, 6) is 0.240. The molecule has 182 valence electrons. The van der Waals surface area contributed by atoms with Crippen LogP contribution in [0.5, 0.6) is 0 Å². The Labute approximate surface area is 190 Å². The zero-order valence-corrected chi connectivity index (χ0v) is 20.1. The van der Waals surface area contributed by atoms with Crippen molar-refractivity contribution in [3.63, 3.8) is 0 Å². The summed E-state index contributed by atoms with van der Waals surface area (Å²) in [5.41, 5.74) is -0.679. The van der Waals surface area contributed by atoms with Crippen LogP contribution in [0.2, 0.25) is 0 Å². The Morgan fingerprint density at radius 2 is 1.90 bits per heavy atom. The molecule has 0 saturated carbocycles. The number of nitrogens with zero attached hydrogens (tertiary/aromatic N) is 1. The number of carbonyl (C=O) groups is 1. The van der Waals surface area contributed by atoms with Crippen LogP contribution in [0.4, 0.5) is 0 Å². The van der Waals surface area contributed by atoms with Crippen molar-refractivity contribution in [3.8, 4) is 0 Å². The van der Waals surface area contributed by atoms with E-state index in [9.17, 15) is 25.2 Å². The molecule has 8 unspecified atom stereocenters. The lowest BCUT2D eigenvalue weighted by Gasteiger charge is -2.44. The van der Waals surface area contributed by atoms with Crippen LogP contribution < -0.4 is 5.32 Å². The molecule has 0 radical (unpaired) electrons. The summed E-state index contributed by atoms with van der Waals surface area (Å²) >= 11 is 1.26. The number of aliphatic hydroxyl groups is 4. The molecule has 0 bridgehead atoms. The second kappa shape index (κ2) is 12.7. The third-order valence-corrected chi connectivity index (χ3v) is 7.47. The molecule has 2 rings (SSSR count). The Morgan fingerprint density at radius 3 is 2.48 bits per heavy atom. The van der Waals surface area contributed by atoms with Crippen LogP contribution in [0.3, 0.4) is 0 Å². The van der Waals surface area contributed by atoms with Crippen molar-refractivity contribution in [1.29, 1.82) is 0 Å². The second-order valence-electron chi connectivity index (χ2n) is 9.29. The van der Waals surface area contributed by atoms with Gasteiger partial charge in [-0.2, -0.15) is 0 Å². The number of rotatable bonds is 11. The fourth-order valence-corrected chi connectivity index (χ4v) is 5.47. The molecule has 2 aliphatic rings. The quantitative estimate of drug-likeness (QED) is 0.282. The topological polar surface area (TPSA) is 122 Å². The Morgan fingerprint density at radius 1 is 1.19 bits per heavy atom.